The largest absolute Gasteiger partial charge is 0.338 e. The maximum atomic E-state index is 13.5. The summed E-state index contributed by atoms with van der Waals surface area (Å²) in [5.74, 6) is 1.29. The molecule has 1 aliphatic carbocycles. The first-order chi connectivity index (χ1) is 17.0. The quantitative estimate of drug-likeness (QED) is 0.548. The summed E-state index contributed by atoms with van der Waals surface area (Å²) in [4.78, 5) is 29.9. The van der Waals surface area contributed by atoms with E-state index >= 15 is 0 Å². The molecule has 4 heterocycles. The van der Waals surface area contributed by atoms with E-state index in [4.69, 9.17) is 5.10 Å². The van der Waals surface area contributed by atoms with Crippen molar-refractivity contribution in [2.45, 2.75) is 52.2 Å². The third-order valence-electron chi connectivity index (χ3n) is 7.59. The summed E-state index contributed by atoms with van der Waals surface area (Å²) in [6.45, 7) is 5.13. The number of carbonyl (C=O) groups excluding carboxylic acids is 2. The second-order valence-electron chi connectivity index (χ2n) is 10.3. The molecule has 0 N–H and O–H groups in total. The van der Waals surface area contributed by atoms with Crippen molar-refractivity contribution in [3.05, 3.63) is 53.0 Å². The number of carbonyl (C=O) groups is 2. The molecule has 1 aromatic carbocycles. The van der Waals surface area contributed by atoms with Gasteiger partial charge < -0.3 is 14.4 Å². The normalized spacial score (nSPS) is 19.9. The number of benzene rings is 1. The van der Waals surface area contributed by atoms with Gasteiger partial charge in [-0.2, -0.15) is 5.10 Å². The standard InChI is InChI=1S/C26H31N7O2/c1-17-3-5-18(6-4-17)12-32-14-20(11-23(32)34)26(35)31-10-9-22-21(15-31)24(29-30(22)2)25-28-27-16-33(25)13-19-7-8-19/h3-6,16,19-20H,7-15H2,1-2H3. The molecule has 1 saturated heterocycles. The Labute approximate surface area is 204 Å². The van der Waals surface area contributed by atoms with E-state index in [0.717, 1.165) is 41.3 Å². The highest BCUT2D eigenvalue weighted by molar-refractivity contribution is 5.89. The zero-order valence-corrected chi connectivity index (χ0v) is 20.4. The predicted molar refractivity (Wildman–Crippen MR) is 129 cm³/mol. The van der Waals surface area contributed by atoms with E-state index in [-0.39, 0.29) is 24.2 Å². The molecule has 0 bridgehead atoms. The van der Waals surface area contributed by atoms with Crippen LogP contribution in [0.5, 0.6) is 0 Å². The average Bonchev–Trinajstić information content (AvgIpc) is 3.28. The topological polar surface area (TPSA) is 89.2 Å². The maximum Gasteiger partial charge on any atom is 0.228 e. The lowest BCUT2D eigenvalue weighted by Crippen LogP contribution is -2.40. The molecule has 3 aromatic rings. The fraction of sp³-hybridized carbons (Fsp3) is 0.500. The number of aromatic nitrogens is 5. The van der Waals surface area contributed by atoms with Crippen LogP contribution in [0.1, 0.15) is 41.6 Å². The fourth-order valence-electron chi connectivity index (χ4n) is 5.37. The van der Waals surface area contributed by atoms with Gasteiger partial charge in [-0.3, -0.25) is 14.3 Å². The summed E-state index contributed by atoms with van der Waals surface area (Å²) < 4.78 is 4.02. The third-order valence-corrected chi connectivity index (χ3v) is 7.59. The molecule has 1 unspecified atom stereocenters. The summed E-state index contributed by atoms with van der Waals surface area (Å²) in [6.07, 6.45) is 5.31. The molecule has 35 heavy (non-hydrogen) atoms. The lowest BCUT2D eigenvalue weighted by molar-refractivity contribution is -0.136. The second-order valence-corrected chi connectivity index (χ2v) is 10.3. The first-order valence-electron chi connectivity index (χ1n) is 12.5. The molecule has 2 fully saturated rings. The zero-order chi connectivity index (χ0) is 24.1. The van der Waals surface area contributed by atoms with E-state index in [9.17, 15) is 9.59 Å². The van der Waals surface area contributed by atoms with Crippen LogP contribution in [0.15, 0.2) is 30.6 Å². The number of fused-ring (bicyclic) bond motifs is 1. The van der Waals surface area contributed by atoms with E-state index in [0.29, 0.717) is 32.1 Å². The number of rotatable bonds is 6. The van der Waals surface area contributed by atoms with Crippen molar-refractivity contribution in [2.24, 2.45) is 18.9 Å². The van der Waals surface area contributed by atoms with E-state index in [2.05, 4.69) is 39.0 Å². The van der Waals surface area contributed by atoms with Crippen LogP contribution in [0.3, 0.4) is 0 Å². The molecule has 2 aliphatic heterocycles. The summed E-state index contributed by atoms with van der Waals surface area (Å²) in [6, 6.07) is 8.22. The van der Waals surface area contributed by atoms with E-state index in [1.165, 1.54) is 18.4 Å². The van der Waals surface area contributed by atoms with Crippen LogP contribution in [0, 0.1) is 18.8 Å². The van der Waals surface area contributed by atoms with Crippen LogP contribution >= 0.6 is 0 Å². The smallest absolute Gasteiger partial charge is 0.228 e. The van der Waals surface area contributed by atoms with Crippen molar-refractivity contribution in [1.29, 1.82) is 0 Å². The van der Waals surface area contributed by atoms with Crippen molar-refractivity contribution in [3.63, 3.8) is 0 Å². The molecule has 1 atom stereocenters. The first-order valence-corrected chi connectivity index (χ1v) is 12.5. The number of aryl methyl sites for hydroxylation is 2. The van der Waals surface area contributed by atoms with E-state index in [1.54, 1.807) is 6.33 Å². The fourth-order valence-corrected chi connectivity index (χ4v) is 5.37. The molecular weight excluding hydrogens is 442 g/mol. The number of nitrogens with zero attached hydrogens (tertiary/aromatic N) is 7. The molecule has 6 rings (SSSR count). The van der Waals surface area contributed by atoms with Crippen LogP contribution in [0.25, 0.3) is 11.5 Å². The van der Waals surface area contributed by atoms with Crippen LogP contribution in [0.4, 0.5) is 0 Å². The molecule has 9 heteroatoms. The Bertz CT molecular complexity index is 1270. The van der Waals surface area contributed by atoms with Crippen molar-refractivity contribution in [2.75, 3.05) is 13.1 Å². The highest BCUT2D eigenvalue weighted by Gasteiger charge is 2.38. The van der Waals surface area contributed by atoms with Gasteiger partial charge in [-0.1, -0.05) is 29.8 Å². The van der Waals surface area contributed by atoms with Gasteiger partial charge in [0.2, 0.25) is 11.8 Å². The minimum absolute atomic E-state index is 0.0527. The second kappa shape index (κ2) is 8.62. The Morgan fingerprint density at radius 2 is 1.97 bits per heavy atom. The highest BCUT2D eigenvalue weighted by atomic mass is 16.2. The Hall–Kier alpha value is -3.49. The van der Waals surface area contributed by atoms with Gasteiger partial charge in [-0.25, -0.2) is 0 Å². The number of likely N-dealkylation sites (tertiary alicyclic amines) is 1. The predicted octanol–water partition coefficient (Wildman–Crippen LogP) is 2.33. The van der Waals surface area contributed by atoms with Crippen LogP contribution in [0.2, 0.25) is 0 Å². The van der Waals surface area contributed by atoms with Crippen molar-refractivity contribution < 1.29 is 9.59 Å². The summed E-state index contributed by atoms with van der Waals surface area (Å²) >= 11 is 0. The number of hydrogen-bond donors (Lipinski definition) is 0. The van der Waals surface area contributed by atoms with Gasteiger partial charge in [0.05, 0.1) is 5.92 Å². The molecule has 3 aliphatic rings. The minimum Gasteiger partial charge on any atom is -0.338 e. The van der Waals surface area contributed by atoms with Gasteiger partial charge in [0.1, 0.15) is 12.0 Å². The first kappa shape index (κ1) is 22.0. The van der Waals surface area contributed by atoms with Crippen molar-refractivity contribution >= 4 is 11.8 Å². The molecule has 0 spiro atoms. The molecule has 182 valence electrons. The molecule has 9 nitrogen and oxygen atoms in total. The van der Waals surface area contributed by atoms with Crippen molar-refractivity contribution in [1.82, 2.24) is 34.3 Å². The molecule has 1 saturated carbocycles. The van der Waals surface area contributed by atoms with Crippen LogP contribution < -0.4 is 0 Å². The summed E-state index contributed by atoms with van der Waals surface area (Å²) in [5, 5.41) is 13.3. The van der Waals surface area contributed by atoms with Gasteiger partial charge in [-0.15, -0.1) is 10.2 Å². The third kappa shape index (κ3) is 4.24. The lowest BCUT2D eigenvalue weighted by atomic mass is 10.0. The number of hydrogen-bond acceptors (Lipinski definition) is 5. The zero-order valence-electron chi connectivity index (χ0n) is 20.4. The van der Waals surface area contributed by atoms with Gasteiger partial charge >= 0.3 is 0 Å². The average molecular weight is 474 g/mol. The van der Waals surface area contributed by atoms with E-state index < -0.39 is 0 Å². The minimum atomic E-state index is -0.298. The Morgan fingerprint density at radius 1 is 1.17 bits per heavy atom. The monoisotopic (exact) mass is 473 g/mol. The van der Waals surface area contributed by atoms with E-state index in [1.807, 2.05) is 28.5 Å². The molecule has 2 aromatic heterocycles. The Kier molecular flexibility index (Phi) is 5.42. The summed E-state index contributed by atoms with van der Waals surface area (Å²) in [7, 11) is 1.96. The number of amides is 2. The van der Waals surface area contributed by atoms with Crippen LogP contribution in [-0.4, -0.2) is 59.2 Å². The van der Waals surface area contributed by atoms with Gasteiger partial charge in [0.25, 0.3) is 0 Å². The lowest BCUT2D eigenvalue weighted by Gasteiger charge is -2.29. The van der Waals surface area contributed by atoms with Gasteiger partial charge in [0, 0.05) is 63.9 Å². The van der Waals surface area contributed by atoms with Gasteiger partial charge in [0.15, 0.2) is 5.82 Å². The molecule has 2 amide bonds. The van der Waals surface area contributed by atoms with Crippen molar-refractivity contribution in [3.8, 4) is 11.5 Å². The SMILES string of the molecule is Cc1ccc(CN2CC(C(=O)N3CCc4c(c(-c5nncn5CC5CC5)nn4C)C3)CC2=O)cc1. The van der Waals surface area contributed by atoms with Gasteiger partial charge in [-0.05, 0) is 31.2 Å². The Balaban J connectivity index is 1.18. The maximum absolute atomic E-state index is 13.5. The molecule has 0 radical (unpaired) electrons. The van der Waals surface area contributed by atoms with Crippen LogP contribution in [-0.2, 0) is 42.7 Å². The highest BCUT2D eigenvalue weighted by Crippen LogP contribution is 2.34. The summed E-state index contributed by atoms with van der Waals surface area (Å²) in [5.41, 5.74) is 5.31. The Morgan fingerprint density at radius 3 is 2.74 bits per heavy atom. The molecular formula is C26H31N7O2.